The summed E-state index contributed by atoms with van der Waals surface area (Å²) in [7, 11) is 0. The third-order valence-electron chi connectivity index (χ3n) is 1.85. The molecule has 0 amide bonds. The summed E-state index contributed by atoms with van der Waals surface area (Å²) < 4.78 is 9.86. The molecule has 3 heteroatoms. The Morgan fingerprint density at radius 1 is 1.80 bits per heavy atom. The minimum absolute atomic E-state index is 0.240. The highest BCUT2D eigenvalue weighted by atomic mass is 16.6. The van der Waals surface area contributed by atoms with Crippen LogP contribution in [-0.4, -0.2) is 18.7 Å². The highest BCUT2D eigenvalue weighted by molar-refractivity contribution is 5.40. The van der Waals surface area contributed by atoms with Gasteiger partial charge in [0.05, 0.1) is 6.10 Å². The first-order valence-corrected chi connectivity index (χ1v) is 3.36. The van der Waals surface area contributed by atoms with E-state index < -0.39 is 0 Å². The summed E-state index contributed by atoms with van der Waals surface area (Å²) in [5, 5.41) is 0. The lowest BCUT2D eigenvalue weighted by Crippen LogP contribution is -2.03. The summed E-state index contributed by atoms with van der Waals surface area (Å²) in [6, 6.07) is 0. The number of allylic oxidation sites excluding steroid dienone is 1. The molecular weight excluding hydrogens is 132 g/mol. The van der Waals surface area contributed by atoms with Gasteiger partial charge in [-0.25, -0.2) is 0 Å². The zero-order valence-electron chi connectivity index (χ0n) is 5.45. The first-order valence-electron chi connectivity index (χ1n) is 3.36. The van der Waals surface area contributed by atoms with Gasteiger partial charge in [0.1, 0.15) is 11.9 Å². The Balaban J connectivity index is 2.00. The second-order valence-corrected chi connectivity index (χ2v) is 2.52. The van der Waals surface area contributed by atoms with Gasteiger partial charge in [0.2, 0.25) is 0 Å². The summed E-state index contributed by atoms with van der Waals surface area (Å²) in [5.41, 5.74) is 0. The normalized spacial score (nSPS) is 35.8. The standard InChI is InChI=1S/C7H8O3/c8-4-9-5-1-2-6-7(3-5)10-6/h3-4,6-7H,1-2H2. The molecule has 2 unspecified atom stereocenters. The van der Waals surface area contributed by atoms with Gasteiger partial charge in [-0.3, -0.25) is 4.79 Å². The molecule has 0 radical (unpaired) electrons. The van der Waals surface area contributed by atoms with E-state index in [1.807, 2.05) is 6.08 Å². The van der Waals surface area contributed by atoms with Crippen LogP contribution < -0.4 is 0 Å². The van der Waals surface area contributed by atoms with E-state index >= 15 is 0 Å². The number of hydrogen-bond donors (Lipinski definition) is 0. The van der Waals surface area contributed by atoms with E-state index in [2.05, 4.69) is 4.74 Å². The molecule has 0 aromatic heterocycles. The average molecular weight is 140 g/mol. The fourth-order valence-corrected chi connectivity index (χ4v) is 1.25. The molecule has 0 aromatic carbocycles. The van der Waals surface area contributed by atoms with E-state index in [4.69, 9.17) is 4.74 Å². The molecule has 0 N–H and O–H groups in total. The quantitative estimate of drug-likeness (QED) is 0.416. The van der Waals surface area contributed by atoms with Crippen LogP contribution in [0.15, 0.2) is 11.8 Å². The lowest BCUT2D eigenvalue weighted by molar-refractivity contribution is -0.125. The van der Waals surface area contributed by atoms with E-state index in [0.29, 0.717) is 12.6 Å². The number of carbonyl (C=O) groups is 1. The van der Waals surface area contributed by atoms with Crippen molar-refractivity contribution in [2.45, 2.75) is 25.0 Å². The number of fused-ring (bicyclic) bond motifs is 1. The Labute approximate surface area is 58.6 Å². The van der Waals surface area contributed by atoms with Crippen molar-refractivity contribution in [1.82, 2.24) is 0 Å². The number of ether oxygens (including phenoxy) is 2. The zero-order valence-corrected chi connectivity index (χ0v) is 5.45. The average Bonchev–Trinajstić information content (AvgIpc) is 2.66. The van der Waals surface area contributed by atoms with Crippen molar-refractivity contribution in [3.63, 3.8) is 0 Å². The molecule has 0 saturated carbocycles. The van der Waals surface area contributed by atoms with Crippen LogP contribution in [0.25, 0.3) is 0 Å². The van der Waals surface area contributed by atoms with Gasteiger partial charge in [-0.1, -0.05) is 0 Å². The summed E-state index contributed by atoms with van der Waals surface area (Å²) in [6.07, 6.45) is 4.36. The molecule has 1 fully saturated rings. The molecule has 2 aliphatic rings. The number of rotatable bonds is 2. The van der Waals surface area contributed by atoms with Gasteiger partial charge < -0.3 is 9.47 Å². The van der Waals surface area contributed by atoms with Crippen molar-refractivity contribution in [2.75, 3.05) is 0 Å². The van der Waals surface area contributed by atoms with Crippen molar-refractivity contribution in [3.05, 3.63) is 11.8 Å². The minimum Gasteiger partial charge on any atom is -0.434 e. The van der Waals surface area contributed by atoms with Crippen molar-refractivity contribution < 1.29 is 14.3 Å². The summed E-state index contributed by atoms with van der Waals surface area (Å²) in [6.45, 7) is 0.467. The van der Waals surface area contributed by atoms with Crippen LogP contribution in [0.3, 0.4) is 0 Å². The molecule has 0 bridgehead atoms. The van der Waals surface area contributed by atoms with Gasteiger partial charge in [-0.2, -0.15) is 0 Å². The molecule has 54 valence electrons. The smallest absolute Gasteiger partial charge is 0.298 e. The third-order valence-corrected chi connectivity index (χ3v) is 1.85. The maximum atomic E-state index is 9.89. The first-order chi connectivity index (χ1) is 4.90. The molecule has 1 heterocycles. The molecule has 0 spiro atoms. The van der Waals surface area contributed by atoms with Crippen LogP contribution in [0, 0.1) is 0 Å². The van der Waals surface area contributed by atoms with Gasteiger partial charge in [-0.15, -0.1) is 0 Å². The van der Waals surface area contributed by atoms with Gasteiger partial charge in [0.15, 0.2) is 0 Å². The fourth-order valence-electron chi connectivity index (χ4n) is 1.25. The van der Waals surface area contributed by atoms with E-state index in [1.165, 1.54) is 0 Å². The number of epoxide rings is 1. The largest absolute Gasteiger partial charge is 0.434 e. The third kappa shape index (κ3) is 0.926. The van der Waals surface area contributed by atoms with Crippen molar-refractivity contribution in [1.29, 1.82) is 0 Å². The predicted octanol–water partition coefficient (Wildman–Crippen LogP) is 0.604. The molecule has 2 rings (SSSR count). The second kappa shape index (κ2) is 2.09. The Morgan fingerprint density at radius 3 is 3.40 bits per heavy atom. The van der Waals surface area contributed by atoms with Gasteiger partial charge >= 0.3 is 0 Å². The highest BCUT2D eigenvalue weighted by Gasteiger charge is 2.40. The van der Waals surface area contributed by atoms with Crippen LogP contribution >= 0.6 is 0 Å². The monoisotopic (exact) mass is 140 g/mol. The maximum absolute atomic E-state index is 9.89. The summed E-state index contributed by atoms with van der Waals surface area (Å²) in [5.74, 6) is 0.758. The van der Waals surface area contributed by atoms with Crippen molar-refractivity contribution in [3.8, 4) is 0 Å². The lowest BCUT2D eigenvalue weighted by atomic mass is 10.1. The topological polar surface area (TPSA) is 38.8 Å². The number of hydrogen-bond acceptors (Lipinski definition) is 3. The molecule has 1 aliphatic heterocycles. The second-order valence-electron chi connectivity index (χ2n) is 2.52. The Hall–Kier alpha value is -0.830. The van der Waals surface area contributed by atoms with E-state index in [9.17, 15) is 4.79 Å². The van der Waals surface area contributed by atoms with Crippen molar-refractivity contribution in [2.24, 2.45) is 0 Å². The predicted molar refractivity (Wildman–Crippen MR) is 33.1 cm³/mol. The molecule has 2 atom stereocenters. The van der Waals surface area contributed by atoms with E-state index in [0.717, 1.165) is 18.6 Å². The maximum Gasteiger partial charge on any atom is 0.298 e. The van der Waals surface area contributed by atoms with Gasteiger partial charge in [-0.05, 0) is 12.5 Å². The Bertz CT molecular complexity index is 185. The minimum atomic E-state index is 0.240. The Morgan fingerprint density at radius 2 is 2.70 bits per heavy atom. The molecule has 0 aromatic rings. The molecule has 1 aliphatic carbocycles. The molecular formula is C7H8O3. The SMILES string of the molecule is O=COC1=CC2OC2CC1. The van der Waals surface area contributed by atoms with E-state index in [-0.39, 0.29) is 6.10 Å². The van der Waals surface area contributed by atoms with Crippen LogP contribution in [0.2, 0.25) is 0 Å². The molecule has 1 saturated heterocycles. The molecule has 3 nitrogen and oxygen atoms in total. The highest BCUT2D eigenvalue weighted by Crippen LogP contribution is 2.34. The van der Waals surface area contributed by atoms with Gasteiger partial charge in [0, 0.05) is 6.42 Å². The lowest BCUT2D eigenvalue weighted by Gasteiger charge is -2.05. The summed E-state index contributed by atoms with van der Waals surface area (Å²) >= 11 is 0. The summed E-state index contributed by atoms with van der Waals surface area (Å²) in [4.78, 5) is 9.89. The van der Waals surface area contributed by atoms with Crippen LogP contribution in [0.5, 0.6) is 0 Å². The van der Waals surface area contributed by atoms with Crippen LogP contribution in [0.1, 0.15) is 12.8 Å². The van der Waals surface area contributed by atoms with Gasteiger partial charge in [0.25, 0.3) is 6.47 Å². The van der Waals surface area contributed by atoms with E-state index in [1.54, 1.807) is 0 Å². The fraction of sp³-hybridized carbons (Fsp3) is 0.571. The molecule has 10 heavy (non-hydrogen) atoms. The van der Waals surface area contributed by atoms with Crippen LogP contribution in [-0.2, 0) is 14.3 Å². The first kappa shape index (κ1) is 5.92. The van der Waals surface area contributed by atoms with Crippen molar-refractivity contribution >= 4 is 6.47 Å². The Kier molecular flexibility index (Phi) is 1.24. The van der Waals surface area contributed by atoms with Crippen LogP contribution in [0.4, 0.5) is 0 Å². The number of carbonyl (C=O) groups excluding carboxylic acids is 1. The zero-order chi connectivity index (χ0) is 6.97.